The largest absolute Gasteiger partial charge is 0.360 e. The Bertz CT molecular complexity index is 687. The van der Waals surface area contributed by atoms with Gasteiger partial charge < -0.3 is 9.42 Å². The number of sulfonamides is 1. The van der Waals surface area contributed by atoms with Crippen molar-refractivity contribution >= 4 is 15.9 Å². The summed E-state index contributed by atoms with van der Waals surface area (Å²) in [4.78, 5) is 16.1. The quantitative estimate of drug-likeness (QED) is 0.758. The van der Waals surface area contributed by atoms with Crippen LogP contribution < -0.4 is 0 Å². The molecule has 0 aliphatic carbocycles. The summed E-state index contributed by atoms with van der Waals surface area (Å²) >= 11 is 0. The van der Waals surface area contributed by atoms with Crippen LogP contribution in [0.5, 0.6) is 0 Å². The summed E-state index contributed by atoms with van der Waals surface area (Å²) in [6.45, 7) is 5.88. The van der Waals surface area contributed by atoms with E-state index in [1.54, 1.807) is 25.8 Å². The third-order valence-electron chi connectivity index (χ3n) is 4.68. The molecule has 2 aliphatic rings. The van der Waals surface area contributed by atoms with Gasteiger partial charge in [-0.25, -0.2) is 8.42 Å². The number of piperazine rings is 1. The van der Waals surface area contributed by atoms with E-state index in [4.69, 9.17) is 4.52 Å². The Morgan fingerprint density at radius 2 is 1.78 bits per heavy atom. The highest BCUT2D eigenvalue weighted by molar-refractivity contribution is 7.89. The minimum Gasteiger partial charge on any atom is -0.360 e. The first-order chi connectivity index (χ1) is 10.8. The lowest BCUT2D eigenvalue weighted by Gasteiger charge is -2.36. The minimum atomic E-state index is -3.60. The van der Waals surface area contributed by atoms with Crippen molar-refractivity contribution in [1.82, 2.24) is 19.3 Å². The molecule has 1 amide bonds. The molecular weight excluding hydrogens is 320 g/mol. The molecule has 8 nitrogen and oxygen atoms in total. The lowest BCUT2D eigenvalue weighted by Crippen LogP contribution is -2.53. The van der Waals surface area contributed by atoms with Gasteiger partial charge in [0.1, 0.15) is 10.6 Å². The first-order valence-electron chi connectivity index (χ1n) is 7.74. The van der Waals surface area contributed by atoms with Crippen molar-refractivity contribution in [3.8, 4) is 0 Å². The Balaban J connectivity index is 1.71. The van der Waals surface area contributed by atoms with Gasteiger partial charge in [-0.1, -0.05) is 5.16 Å². The normalized spacial score (nSPS) is 24.6. The predicted octanol–water partition coefficient (Wildman–Crippen LogP) is -0.172. The topological polar surface area (TPSA) is 87.0 Å². The average molecular weight is 342 g/mol. The SMILES string of the molecule is Cc1noc(C)c1S(=O)(=O)N1CCN(C2CCN(C)C2=O)CC1. The highest BCUT2D eigenvalue weighted by Gasteiger charge is 2.38. The first kappa shape index (κ1) is 16.4. The molecule has 0 saturated carbocycles. The van der Waals surface area contributed by atoms with E-state index in [9.17, 15) is 13.2 Å². The lowest BCUT2D eigenvalue weighted by molar-refractivity contribution is -0.131. The molecule has 9 heteroatoms. The molecule has 2 fully saturated rings. The van der Waals surface area contributed by atoms with E-state index in [0.29, 0.717) is 37.6 Å². The minimum absolute atomic E-state index is 0.107. The maximum Gasteiger partial charge on any atom is 0.248 e. The smallest absolute Gasteiger partial charge is 0.248 e. The molecule has 0 aromatic carbocycles. The Labute approximate surface area is 136 Å². The van der Waals surface area contributed by atoms with Crippen LogP contribution in [-0.2, 0) is 14.8 Å². The van der Waals surface area contributed by atoms with E-state index in [0.717, 1.165) is 13.0 Å². The average Bonchev–Trinajstić information content (AvgIpc) is 3.03. The Morgan fingerprint density at radius 3 is 2.26 bits per heavy atom. The molecule has 3 heterocycles. The number of aromatic nitrogens is 1. The van der Waals surface area contributed by atoms with Crippen molar-refractivity contribution < 1.29 is 17.7 Å². The van der Waals surface area contributed by atoms with E-state index < -0.39 is 10.0 Å². The fourth-order valence-corrected chi connectivity index (χ4v) is 5.08. The van der Waals surface area contributed by atoms with E-state index in [1.807, 2.05) is 0 Å². The maximum atomic E-state index is 12.8. The number of hydrogen-bond acceptors (Lipinski definition) is 6. The Hall–Kier alpha value is -1.45. The molecule has 23 heavy (non-hydrogen) atoms. The maximum absolute atomic E-state index is 12.8. The summed E-state index contributed by atoms with van der Waals surface area (Å²) in [6.07, 6.45) is 0.811. The van der Waals surface area contributed by atoms with Crippen LogP contribution in [0.1, 0.15) is 17.9 Å². The molecule has 0 spiro atoms. The number of likely N-dealkylation sites (N-methyl/N-ethyl adjacent to an activating group) is 1. The van der Waals surface area contributed by atoms with Crippen LogP contribution in [0.2, 0.25) is 0 Å². The van der Waals surface area contributed by atoms with Crippen LogP contribution in [0.3, 0.4) is 0 Å². The number of rotatable bonds is 3. The number of nitrogens with zero attached hydrogens (tertiary/aromatic N) is 4. The second kappa shape index (κ2) is 5.88. The van der Waals surface area contributed by atoms with Crippen molar-refractivity contribution in [2.24, 2.45) is 0 Å². The zero-order valence-corrected chi connectivity index (χ0v) is 14.5. The van der Waals surface area contributed by atoms with Gasteiger partial charge in [0.2, 0.25) is 15.9 Å². The van der Waals surface area contributed by atoms with Gasteiger partial charge in [0.15, 0.2) is 5.76 Å². The summed E-state index contributed by atoms with van der Waals surface area (Å²) in [6, 6.07) is -0.107. The van der Waals surface area contributed by atoms with Crippen molar-refractivity contribution in [2.45, 2.75) is 31.2 Å². The summed E-state index contributed by atoms with van der Waals surface area (Å²) < 4.78 is 32.0. The molecule has 1 aromatic heterocycles. The molecule has 0 bridgehead atoms. The third-order valence-corrected chi connectivity index (χ3v) is 6.82. The lowest BCUT2D eigenvalue weighted by atomic mass is 10.2. The highest BCUT2D eigenvalue weighted by atomic mass is 32.2. The van der Waals surface area contributed by atoms with Gasteiger partial charge in [0, 0.05) is 39.8 Å². The number of carbonyl (C=O) groups is 1. The van der Waals surface area contributed by atoms with Crippen molar-refractivity contribution in [1.29, 1.82) is 0 Å². The van der Waals surface area contributed by atoms with E-state index in [-0.39, 0.29) is 16.8 Å². The Kier molecular flexibility index (Phi) is 4.19. The predicted molar refractivity (Wildman–Crippen MR) is 82.4 cm³/mol. The zero-order chi connectivity index (χ0) is 16.8. The molecule has 128 valence electrons. The van der Waals surface area contributed by atoms with Gasteiger partial charge in [-0.05, 0) is 20.3 Å². The molecule has 2 saturated heterocycles. The van der Waals surface area contributed by atoms with Crippen LogP contribution in [0.15, 0.2) is 9.42 Å². The molecular formula is C14H22N4O4S. The molecule has 0 radical (unpaired) electrons. The van der Waals surface area contributed by atoms with Gasteiger partial charge in [-0.15, -0.1) is 0 Å². The van der Waals surface area contributed by atoms with Crippen LogP contribution >= 0.6 is 0 Å². The monoisotopic (exact) mass is 342 g/mol. The van der Waals surface area contributed by atoms with Gasteiger partial charge in [0.05, 0.1) is 6.04 Å². The van der Waals surface area contributed by atoms with Gasteiger partial charge >= 0.3 is 0 Å². The molecule has 2 aliphatic heterocycles. The van der Waals surface area contributed by atoms with Crippen molar-refractivity contribution in [2.75, 3.05) is 39.8 Å². The Morgan fingerprint density at radius 1 is 1.13 bits per heavy atom. The second-order valence-corrected chi connectivity index (χ2v) is 8.03. The molecule has 3 rings (SSSR count). The van der Waals surface area contributed by atoms with Crippen LogP contribution in [0, 0.1) is 13.8 Å². The van der Waals surface area contributed by atoms with Crippen LogP contribution in [0.4, 0.5) is 0 Å². The van der Waals surface area contributed by atoms with Gasteiger partial charge in [-0.3, -0.25) is 9.69 Å². The first-order valence-corrected chi connectivity index (χ1v) is 9.18. The third kappa shape index (κ3) is 2.77. The molecule has 0 N–H and O–H groups in total. The molecule has 1 unspecified atom stereocenters. The van der Waals surface area contributed by atoms with Crippen molar-refractivity contribution in [3.05, 3.63) is 11.5 Å². The van der Waals surface area contributed by atoms with Crippen molar-refractivity contribution in [3.63, 3.8) is 0 Å². The number of likely N-dealkylation sites (tertiary alicyclic amines) is 1. The van der Waals surface area contributed by atoms with E-state index >= 15 is 0 Å². The fourth-order valence-electron chi connectivity index (χ4n) is 3.37. The molecule has 1 aromatic rings. The van der Waals surface area contributed by atoms with E-state index in [1.165, 1.54) is 4.31 Å². The number of aryl methyl sites for hydroxylation is 2. The van der Waals surface area contributed by atoms with Crippen LogP contribution in [-0.4, -0.2) is 79.4 Å². The van der Waals surface area contributed by atoms with Crippen LogP contribution in [0.25, 0.3) is 0 Å². The second-order valence-electron chi connectivity index (χ2n) is 6.16. The number of hydrogen-bond donors (Lipinski definition) is 0. The number of carbonyl (C=O) groups excluding carboxylic acids is 1. The van der Waals surface area contributed by atoms with E-state index in [2.05, 4.69) is 10.1 Å². The summed E-state index contributed by atoms with van der Waals surface area (Å²) in [7, 11) is -1.79. The number of amides is 1. The zero-order valence-electron chi connectivity index (χ0n) is 13.7. The van der Waals surface area contributed by atoms with Gasteiger partial charge in [-0.2, -0.15) is 4.31 Å². The van der Waals surface area contributed by atoms with Gasteiger partial charge in [0.25, 0.3) is 0 Å². The summed E-state index contributed by atoms with van der Waals surface area (Å²) in [5.41, 5.74) is 0.387. The molecule has 1 atom stereocenters. The highest BCUT2D eigenvalue weighted by Crippen LogP contribution is 2.25. The summed E-state index contributed by atoms with van der Waals surface area (Å²) in [5.74, 6) is 0.449. The summed E-state index contributed by atoms with van der Waals surface area (Å²) in [5, 5.41) is 3.73. The fraction of sp³-hybridized carbons (Fsp3) is 0.714. The standard InChI is InChI=1S/C14H22N4O4S/c1-10-13(11(2)22-15-10)23(20,21)18-8-6-17(7-9-18)12-4-5-16(3)14(12)19/h12H,4-9H2,1-3H3.